The van der Waals surface area contributed by atoms with Crippen LogP contribution in [0.5, 0.6) is 0 Å². The van der Waals surface area contributed by atoms with Crippen molar-refractivity contribution in [3.8, 4) is 0 Å². The summed E-state index contributed by atoms with van der Waals surface area (Å²) in [5.41, 5.74) is 4.11. The third kappa shape index (κ3) is 5.66. The summed E-state index contributed by atoms with van der Waals surface area (Å²) in [5.74, 6) is 0. The van der Waals surface area contributed by atoms with Crippen molar-refractivity contribution in [3.05, 3.63) is 71.3 Å². The molecule has 0 bridgehead atoms. The van der Waals surface area contributed by atoms with Crippen LogP contribution in [-0.4, -0.2) is 53.7 Å². The third-order valence-corrected chi connectivity index (χ3v) is 5.44. The van der Waals surface area contributed by atoms with Crippen molar-refractivity contribution in [3.63, 3.8) is 0 Å². The van der Waals surface area contributed by atoms with Crippen molar-refractivity contribution in [2.45, 2.75) is 38.8 Å². The number of rotatable bonds is 8. The second-order valence-corrected chi connectivity index (χ2v) is 7.51. The highest BCUT2D eigenvalue weighted by atomic mass is 16.3. The first-order valence-corrected chi connectivity index (χ1v) is 9.91. The van der Waals surface area contributed by atoms with Gasteiger partial charge in [0, 0.05) is 38.8 Å². The molecule has 3 rings (SSSR count). The van der Waals surface area contributed by atoms with E-state index >= 15 is 0 Å². The minimum Gasteiger partial charge on any atom is -0.396 e. The van der Waals surface area contributed by atoms with Crippen LogP contribution in [0.3, 0.4) is 0 Å². The van der Waals surface area contributed by atoms with Crippen LogP contribution >= 0.6 is 0 Å². The van der Waals surface area contributed by atoms with Gasteiger partial charge in [-0.3, -0.25) is 4.90 Å². The van der Waals surface area contributed by atoms with Crippen LogP contribution in [0.25, 0.3) is 0 Å². The summed E-state index contributed by atoms with van der Waals surface area (Å²) >= 11 is 0. The van der Waals surface area contributed by atoms with Crippen LogP contribution in [-0.2, 0) is 13.0 Å². The number of hydrogen-bond acceptors (Lipinski definition) is 3. The smallest absolute Gasteiger partial charge is 0.0446 e. The molecule has 0 unspecified atom stereocenters. The molecule has 0 amide bonds. The molecular formula is C23H32N2O. The fourth-order valence-electron chi connectivity index (χ4n) is 3.87. The van der Waals surface area contributed by atoms with Gasteiger partial charge in [-0.2, -0.15) is 0 Å². The molecule has 1 aliphatic heterocycles. The molecule has 1 saturated heterocycles. The highest BCUT2D eigenvalue weighted by Crippen LogP contribution is 2.17. The Balaban J connectivity index is 1.49. The molecule has 0 aliphatic carbocycles. The van der Waals surface area contributed by atoms with Crippen LogP contribution in [0.4, 0.5) is 0 Å². The predicted octanol–water partition coefficient (Wildman–Crippen LogP) is 3.50. The average molecular weight is 353 g/mol. The number of aryl methyl sites for hydroxylation is 2. The number of aliphatic hydroxyl groups excluding tert-OH is 1. The fourth-order valence-corrected chi connectivity index (χ4v) is 3.87. The first-order chi connectivity index (χ1) is 12.7. The number of hydrogen-bond donors (Lipinski definition) is 1. The molecule has 3 nitrogen and oxygen atoms in total. The number of nitrogens with zero attached hydrogens (tertiary/aromatic N) is 2. The molecule has 1 heterocycles. The van der Waals surface area contributed by atoms with Crippen molar-refractivity contribution >= 4 is 0 Å². The summed E-state index contributed by atoms with van der Waals surface area (Å²) in [6.07, 6.45) is 3.21. The summed E-state index contributed by atoms with van der Waals surface area (Å²) in [4.78, 5) is 5.13. The summed E-state index contributed by atoms with van der Waals surface area (Å²) in [7, 11) is 0. The zero-order chi connectivity index (χ0) is 18.2. The lowest BCUT2D eigenvalue weighted by atomic mass is 10.1. The second kappa shape index (κ2) is 9.86. The lowest BCUT2D eigenvalue weighted by Crippen LogP contribution is -2.53. The molecular weight excluding hydrogens is 320 g/mol. The van der Waals surface area contributed by atoms with Crippen molar-refractivity contribution in [2.24, 2.45) is 0 Å². The van der Waals surface area contributed by atoms with Gasteiger partial charge in [-0.1, -0.05) is 60.2 Å². The number of piperazine rings is 1. The standard InChI is InChI=1S/C23H32N2O/c1-20-9-11-22(12-10-20)18-25-16-15-24(19-23(25)13-17-26)14-5-8-21-6-3-2-4-7-21/h2-4,6-7,9-12,23,26H,5,8,13-19H2,1H3/t23-/m0/s1. The first-order valence-electron chi connectivity index (χ1n) is 9.91. The Morgan fingerprint density at radius 3 is 2.46 bits per heavy atom. The van der Waals surface area contributed by atoms with Crippen molar-refractivity contribution < 1.29 is 5.11 Å². The maximum absolute atomic E-state index is 9.50. The largest absolute Gasteiger partial charge is 0.396 e. The number of aliphatic hydroxyl groups is 1. The van der Waals surface area contributed by atoms with Gasteiger partial charge in [0.25, 0.3) is 0 Å². The molecule has 0 aromatic heterocycles. The van der Waals surface area contributed by atoms with Gasteiger partial charge in [-0.25, -0.2) is 0 Å². The Kier molecular flexibility index (Phi) is 7.24. The number of benzene rings is 2. The molecule has 0 spiro atoms. The van der Waals surface area contributed by atoms with Gasteiger partial charge in [0.2, 0.25) is 0 Å². The normalized spacial score (nSPS) is 18.9. The van der Waals surface area contributed by atoms with Crippen LogP contribution in [0.15, 0.2) is 54.6 Å². The topological polar surface area (TPSA) is 26.7 Å². The quantitative estimate of drug-likeness (QED) is 0.788. The molecule has 26 heavy (non-hydrogen) atoms. The highest BCUT2D eigenvalue weighted by Gasteiger charge is 2.26. The average Bonchev–Trinajstić information content (AvgIpc) is 2.66. The molecule has 2 aromatic carbocycles. The van der Waals surface area contributed by atoms with Gasteiger partial charge in [0.05, 0.1) is 0 Å². The van der Waals surface area contributed by atoms with Gasteiger partial charge in [0.1, 0.15) is 0 Å². The molecule has 1 aliphatic rings. The lowest BCUT2D eigenvalue weighted by molar-refractivity contribution is 0.0533. The van der Waals surface area contributed by atoms with Crippen molar-refractivity contribution in [1.29, 1.82) is 0 Å². The van der Waals surface area contributed by atoms with Gasteiger partial charge < -0.3 is 10.0 Å². The zero-order valence-electron chi connectivity index (χ0n) is 16.0. The van der Waals surface area contributed by atoms with E-state index in [9.17, 15) is 5.11 Å². The summed E-state index contributed by atoms with van der Waals surface area (Å²) in [5, 5.41) is 9.50. The lowest BCUT2D eigenvalue weighted by Gasteiger charge is -2.41. The van der Waals surface area contributed by atoms with Crippen molar-refractivity contribution in [1.82, 2.24) is 9.80 Å². The van der Waals surface area contributed by atoms with E-state index in [-0.39, 0.29) is 6.61 Å². The molecule has 3 heteroatoms. The highest BCUT2D eigenvalue weighted by molar-refractivity contribution is 5.21. The second-order valence-electron chi connectivity index (χ2n) is 7.51. The van der Waals surface area contributed by atoms with E-state index in [4.69, 9.17) is 0 Å². The monoisotopic (exact) mass is 352 g/mol. The van der Waals surface area contributed by atoms with E-state index in [1.165, 1.54) is 23.1 Å². The van der Waals surface area contributed by atoms with Gasteiger partial charge in [-0.05, 0) is 43.9 Å². The Morgan fingerprint density at radius 2 is 1.73 bits per heavy atom. The zero-order valence-corrected chi connectivity index (χ0v) is 16.0. The SMILES string of the molecule is Cc1ccc(CN2CCN(CCCc3ccccc3)C[C@@H]2CCO)cc1. The maximum Gasteiger partial charge on any atom is 0.0446 e. The van der Waals surface area contributed by atoms with E-state index in [0.29, 0.717) is 6.04 Å². The third-order valence-electron chi connectivity index (χ3n) is 5.44. The maximum atomic E-state index is 9.50. The minimum atomic E-state index is 0.271. The van der Waals surface area contributed by atoms with E-state index < -0.39 is 0 Å². The van der Waals surface area contributed by atoms with Gasteiger partial charge in [0.15, 0.2) is 0 Å². The van der Waals surface area contributed by atoms with E-state index in [1.54, 1.807) is 0 Å². The van der Waals surface area contributed by atoms with Gasteiger partial charge in [-0.15, -0.1) is 0 Å². The Bertz CT molecular complexity index is 641. The molecule has 2 aromatic rings. The van der Waals surface area contributed by atoms with E-state index in [0.717, 1.165) is 45.6 Å². The molecule has 0 radical (unpaired) electrons. The molecule has 1 atom stereocenters. The first kappa shape index (κ1) is 19.1. The van der Waals surface area contributed by atoms with E-state index in [2.05, 4.69) is 71.3 Å². The van der Waals surface area contributed by atoms with E-state index in [1.807, 2.05) is 0 Å². The van der Waals surface area contributed by atoms with Crippen LogP contribution in [0.2, 0.25) is 0 Å². The summed E-state index contributed by atoms with van der Waals surface area (Å²) in [6, 6.07) is 20.1. The Morgan fingerprint density at radius 1 is 0.962 bits per heavy atom. The fraction of sp³-hybridized carbons (Fsp3) is 0.478. The van der Waals surface area contributed by atoms with Crippen molar-refractivity contribution in [2.75, 3.05) is 32.8 Å². The van der Waals surface area contributed by atoms with Crippen LogP contribution in [0, 0.1) is 6.92 Å². The Labute approximate surface area is 158 Å². The summed E-state index contributed by atoms with van der Waals surface area (Å²) in [6.45, 7) is 7.82. The predicted molar refractivity (Wildman–Crippen MR) is 108 cm³/mol. The van der Waals surface area contributed by atoms with Crippen LogP contribution in [0.1, 0.15) is 29.5 Å². The van der Waals surface area contributed by atoms with Crippen LogP contribution < -0.4 is 0 Å². The molecule has 0 saturated carbocycles. The summed E-state index contributed by atoms with van der Waals surface area (Å²) < 4.78 is 0. The minimum absolute atomic E-state index is 0.271. The Hall–Kier alpha value is -1.68. The molecule has 140 valence electrons. The molecule has 1 fully saturated rings. The van der Waals surface area contributed by atoms with Gasteiger partial charge >= 0.3 is 0 Å². The molecule has 1 N–H and O–H groups in total.